The fourth-order valence-corrected chi connectivity index (χ4v) is 2.40. The number of hydrogen-bond acceptors (Lipinski definition) is 5. The van der Waals surface area contributed by atoms with Crippen LogP contribution in [0.5, 0.6) is 0 Å². The molecule has 0 aromatic carbocycles. The number of nitrogen functional groups attached to an aromatic ring is 1. The summed E-state index contributed by atoms with van der Waals surface area (Å²) in [6.07, 6.45) is 0. The molecule has 0 bridgehead atoms. The zero-order valence-electron chi connectivity index (χ0n) is 12.9. The van der Waals surface area contributed by atoms with Crippen LogP contribution in [0.1, 0.15) is 37.9 Å². The highest BCUT2D eigenvalue weighted by atomic mass is 15.4. The monoisotopic (exact) mass is 285 g/mol. The van der Waals surface area contributed by atoms with Gasteiger partial charge in [-0.2, -0.15) is 14.9 Å². The summed E-state index contributed by atoms with van der Waals surface area (Å²) >= 11 is 0. The fourth-order valence-electron chi connectivity index (χ4n) is 2.40. The molecule has 3 heterocycles. The van der Waals surface area contributed by atoms with E-state index in [0.717, 1.165) is 22.5 Å². The normalized spacial score (nSPS) is 12.2. The van der Waals surface area contributed by atoms with Crippen molar-refractivity contribution in [3.63, 3.8) is 0 Å². The molecule has 0 spiro atoms. The zero-order valence-corrected chi connectivity index (χ0v) is 12.9. The van der Waals surface area contributed by atoms with Gasteiger partial charge >= 0.3 is 0 Å². The van der Waals surface area contributed by atoms with Gasteiger partial charge in [0, 0.05) is 16.8 Å². The molecule has 3 aromatic rings. The van der Waals surface area contributed by atoms with Crippen LogP contribution < -0.4 is 5.73 Å². The van der Waals surface area contributed by atoms with Gasteiger partial charge in [0.1, 0.15) is 5.82 Å². The second-order valence-electron chi connectivity index (χ2n) is 6.30. The van der Waals surface area contributed by atoms with Gasteiger partial charge in [-0.3, -0.25) is 5.10 Å². The van der Waals surface area contributed by atoms with E-state index in [9.17, 15) is 0 Å². The number of nitrogens with zero attached hydrogens (tertiary/aromatic N) is 5. The van der Waals surface area contributed by atoms with Crippen LogP contribution in [0.25, 0.3) is 17.0 Å². The lowest BCUT2D eigenvalue weighted by Crippen LogP contribution is -2.14. The molecule has 7 nitrogen and oxygen atoms in total. The summed E-state index contributed by atoms with van der Waals surface area (Å²) in [4.78, 5) is 8.91. The van der Waals surface area contributed by atoms with Crippen molar-refractivity contribution < 1.29 is 0 Å². The third-order valence-electron chi connectivity index (χ3n) is 3.28. The second-order valence-corrected chi connectivity index (χ2v) is 6.30. The van der Waals surface area contributed by atoms with Crippen LogP contribution in [0.3, 0.4) is 0 Å². The van der Waals surface area contributed by atoms with Gasteiger partial charge in [-0.15, -0.1) is 0 Å². The molecule has 0 fully saturated rings. The number of hydrogen-bond donors (Lipinski definition) is 2. The largest absolute Gasteiger partial charge is 0.383 e. The van der Waals surface area contributed by atoms with Gasteiger partial charge in [0.25, 0.3) is 5.95 Å². The fraction of sp³-hybridized carbons (Fsp3) is 0.429. The third kappa shape index (κ3) is 2.14. The predicted molar refractivity (Wildman–Crippen MR) is 81.4 cm³/mol. The molecule has 0 aliphatic heterocycles. The number of rotatable bonds is 1. The smallest absolute Gasteiger partial charge is 0.253 e. The van der Waals surface area contributed by atoms with Gasteiger partial charge < -0.3 is 5.73 Å². The maximum atomic E-state index is 6.01. The Bertz CT molecular complexity index is 800. The van der Waals surface area contributed by atoms with Crippen molar-refractivity contribution in [3.8, 4) is 5.95 Å². The summed E-state index contributed by atoms with van der Waals surface area (Å²) in [5.74, 6) is 1.03. The standard InChI is InChI=1S/C14H19N7/c1-7-6-8(2)17-13(16-7)21-12-9(11(15)18-19-12)10(20-21)14(3,4)5/h6H,1-5H3,(H3,15,18,19). The third-order valence-corrected chi connectivity index (χ3v) is 3.28. The van der Waals surface area contributed by atoms with Gasteiger partial charge in [0.15, 0.2) is 5.65 Å². The van der Waals surface area contributed by atoms with Crippen LogP contribution in [0.4, 0.5) is 5.82 Å². The van der Waals surface area contributed by atoms with E-state index in [2.05, 4.69) is 46.0 Å². The van der Waals surface area contributed by atoms with E-state index in [1.165, 1.54) is 0 Å². The molecule has 0 radical (unpaired) electrons. The van der Waals surface area contributed by atoms with Crippen molar-refractivity contribution in [2.24, 2.45) is 0 Å². The van der Waals surface area contributed by atoms with Crippen molar-refractivity contribution in [2.45, 2.75) is 40.0 Å². The average molecular weight is 285 g/mol. The molecule has 0 amide bonds. The number of aryl methyl sites for hydroxylation is 2. The number of nitrogens with two attached hydrogens (primary N) is 1. The molecular weight excluding hydrogens is 266 g/mol. The molecule has 3 rings (SSSR count). The number of H-pyrrole nitrogens is 1. The Morgan fingerprint density at radius 1 is 1.14 bits per heavy atom. The summed E-state index contributed by atoms with van der Waals surface area (Å²) in [7, 11) is 0. The second kappa shape index (κ2) is 4.28. The van der Waals surface area contributed by atoms with E-state index >= 15 is 0 Å². The van der Waals surface area contributed by atoms with Gasteiger partial charge in [-0.05, 0) is 19.9 Å². The maximum absolute atomic E-state index is 6.01. The van der Waals surface area contributed by atoms with Crippen molar-refractivity contribution in [2.75, 3.05) is 5.73 Å². The van der Waals surface area contributed by atoms with Crippen LogP contribution in [0.15, 0.2) is 6.07 Å². The van der Waals surface area contributed by atoms with Gasteiger partial charge in [0.2, 0.25) is 0 Å². The molecule has 3 aromatic heterocycles. The summed E-state index contributed by atoms with van der Waals surface area (Å²) < 4.78 is 1.66. The minimum atomic E-state index is -0.152. The topological polar surface area (TPSA) is 98.3 Å². The lowest BCUT2D eigenvalue weighted by atomic mass is 9.91. The van der Waals surface area contributed by atoms with E-state index < -0.39 is 0 Å². The number of nitrogens with one attached hydrogen (secondary N) is 1. The first kappa shape index (κ1) is 13.5. The van der Waals surface area contributed by atoms with Gasteiger partial charge in [0.05, 0.1) is 11.1 Å². The lowest BCUT2D eigenvalue weighted by Gasteiger charge is -2.15. The number of aromatic nitrogens is 6. The van der Waals surface area contributed by atoms with Crippen molar-refractivity contribution in [1.29, 1.82) is 0 Å². The SMILES string of the molecule is Cc1cc(C)nc(-n2nc(C(C)(C)C)c3c(N)[nH]nc32)n1. The zero-order chi connectivity index (χ0) is 15.4. The summed E-state index contributed by atoms with van der Waals surface area (Å²) in [6, 6.07) is 1.92. The maximum Gasteiger partial charge on any atom is 0.253 e. The lowest BCUT2D eigenvalue weighted by molar-refractivity contribution is 0.562. The van der Waals surface area contributed by atoms with Crippen molar-refractivity contribution in [1.82, 2.24) is 29.9 Å². The van der Waals surface area contributed by atoms with Gasteiger partial charge in [-0.25, -0.2) is 9.97 Å². The van der Waals surface area contributed by atoms with Crippen molar-refractivity contribution >= 4 is 16.9 Å². The molecule has 0 atom stereocenters. The number of fused-ring (bicyclic) bond motifs is 1. The molecule has 7 heteroatoms. The number of anilines is 1. The molecule has 3 N–H and O–H groups in total. The molecule has 0 aliphatic carbocycles. The summed E-state index contributed by atoms with van der Waals surface area (Å²) in [6.45, 7) is 10.1. The van der Waals surface area contributed by atoms with Crippen LogP contribution in [-0.2, 0) is 5.41 Å². The minimum absolute atomic E-state index is 0.152. The molecule has 0 unspecified atom stereocenters. The van der Waals surface area contributed by atoms with Crippen LogP contribution >= 0.6 is 0 Å². The molecule has 110 valence electrons. The molecule has 0 saturated carbocycles. The first-order valence-electron chi connectivity index (χ1n) is 6.83. The first-order valence-corrected chi connectivity index (χ1v) is 6.83. The Morgan fingerprint density at radius 2 is 1.76 bits per heavy atom. The Hall–Kier alpha value is -2.44. The summed E-state index contributed by atoms with van der Waals surface area (Å²) in [5.41, 5.74) is 9.18. The number of aromatic amines is 1. The Morgan fingerprint density at radius 3 is 2.33 bits per heavy atom. The minimum Gasteiger partial charge on any atom is -0.383 e. The first-order chi connectivity index (χ1) is 9.77. The molecule has 0 aliphatic rings. The highest BCUT2D eigenvalue weighted by Gasteiger charge is 2.27. The Kier molecular flexibility index (Phi) is 2.76. The molecular formula is C14H19N7. The van der Waals surface area contributed by atoms with E-state index in [4.69, 9.17) is 5.73 Å². The van der Waals surface area contributed by atoms with E-state index in [1.54, 1.807) is 4.68 Å². The van der Waals surface area contributed by atoms with E-state index in [0.29, 0.717) is 17.4 Å². The predicted octanol–water partition coefficient (Wildman–Crippen LogP) is 2.04. The highest BCUT2D eigenvalue weighted by Crippen LogP contribution is 2.32. The highest BCUT2D eigenvalue weighted by molar-refractivity contribution is 5.90. The molecule has 0 saturated heterocycles. The van der Waals surface area contributed by atoms with Gasteiger partial charge in [-0.1, -0.05) is 20.8 Å². The van der Waals surface area contributed by atoms with Crippen LogP contribution in [-0.4, -0.2) is 29.9 Å². The van der Waals surface area contributed by atoms with E-state index in [-0.39, 0.29) is 5.41 Å². The molecule has 21 heavy (non-hydrogen) atoms. The van der Waals surface area contributed by atoms with Crippen LogP contribution in [0, 0.1) is 13.8 Å². The Labute approximate surface area is 122 Å². The van der Waals surface area contributed by atoms with Crippen molar-refractivity contribution in [3.05, 3.63) is 23.1 Å². The van der Waals surface area contributed by atoms with Crippen LogP contribution in [0.2, 0.25) is 0 Å². The average Bonchev–Trinajstić information content (AvgIpc) is 2.88. The summed E-state index contributed by atoms with van der Waals surface area (Å²) in [5, 5.41) is 12.6. The Balaban J connectivity index is 2.34. The van der Waals surface area contributed by atoms with E-state index in [1.807, 2.05) is 19.9 Å². The quantitative estimate of drug-likeness (QED) is 0.713.